The number of carbonyl (C=O) groups excluding carboxylic acids is 1. The van der Waals surface area contributed by atoms with Crippen LogP contribution in [0.25, 0.3) is 0 Å². The maximum Gasteiger partial charge on any atom is 0.161 e. The predicted molar refractivity (Wildman–Crippen MR) is 63.3 cm³/mol. The number of aliphatic hydroxyl groups is 1. The molecule has 3 nitrogen and oxygen atoms in total. The van der Waals surface area contributed by atoms with Crippen LogP contribution in [-0.2, 0) is 9.53 Å². The molecule has 0 bridgehead atoms. The van der Waals surface area contributed by atoms with Gasteiger partial charge < -0.3 is 9.84 Å². The number of hydrogen-bond acceptors (Lipinski definition) is 3. The second-order valence-electron chi connectivity index (χ2n) is 5.13. The van der Waals surface area contributed by atoms with Gasteiger partial charge in [0.25, 0.3) is 0 Å². The lowest BCUT2D eigenvalue weighted by atomic mass is 9.90. The normalized spacial score (nSPS) is 29.8. The Labute approximate surface area is 98.2 Å². The van der Waals surface area contributed by atoms with E-state index in [1.165, 1.54) is 6.92 Å². The molecular weight excluding hydrogens is 204 g/mol. The molecule has 0 radical (unpaired) electrons. The molecule has 1 heterocycles. The molecule has 1 N–H and O–H groups in total. The number of carbonyl (C=O) groups is 1. The molecule has 0 aliphatic carbocycles. The van der Waals surface area contributed by atoms with Crippen LogP contribution < -0.4 is 0 Å². The summed E-state index contributed by atoms with van der Waals surface area (Å²) >= 11 is 0. The molecule has 1 aliphatic rings. The molecule has 3 heteroatoms. The van der Waals surface area contributed by atoms with Gasteiger partial charge in [-0.2, -0.15) is 0 Å². The van der Waals surface area contributed by atoms with Gasteiger partial charge in [0.1, 0.15) is 5.60 Å². The van der Waals surface area contributed by atoms with Crippen LogP contribution in [0.2, 0.25) is 0 Å². The van der Waals surface area contributed by atoms with Crippen molar-refractivity contribution in [2.24, 2.45) is 0 Å². The van der Waals surface area contributed by atoms with Gasteiger partial charge in [-0.05, 0) is 39.5 Å². The van der Waals surface area contributed by atoms with Crippen LogP contribution >= 0.6 is 0 Å². The lowest BCUT2D eigenvalue weighted by Crippen LogP contribution is -2.40. The van der Waals surface area contributed by atoms with Crippen molar-refractivity contribution in [3.63, 3.8) is 0 Å². The smallest absolute Gasteiger partial charge is 0.161 e. The molecule has 1 fully saturated rings. The monoisotopic (exact) mass is 228 g/mol. The summed E-state index contributed by atoms with van der Waals surface area (Å²) in [6.45, 7) is 5.17. The van der Waals surface area contributed by atoms with Gasteiger partial charge in [-0.15, -0.1) is 0 Å². The first-order valence-electron chi connectivity index (χ1n) is 6.34. The second-order valence-corrected chi connectivity index (χ2v) is 5.13. The Hall–Kier alpha value is -0.410. The third-order valence-corrected chi connectivity index (χ3v) is 3.43. The highest BCUT2D eigenvalue weighted by Crippen LogP contribution is 2.27. The Morgan fingerprint density at radius 3 is 2.62 bits per heavy atom. The van der Waals surface area contributed by atoms with E-state index in [9.17, 15) is 9.90 Å². The van der Waals surface area contributed by atoms with Crippen molar-refractivity contribution >= 4 is 5.78 Å². The van der Waals surface area contributed by atoms with Crippen LogP contribution in [0.5, 0.6) is 0 Å². The fourth-order valence-electron chi connectivity index (χ4n) is 2.25. The molecule has 1 rings (SSSR count). The molecule has 0 aromatic rings. The van der Waals surface area contributed by atoms with E-state index in [4.69, 9.17) is 4.74 Å². The zero-order chi connectivity index (χ0) is 12.2. The van der Waals surface area contributed by atoms with Crippen molar-refractivity contribution in [3.05, 3.63) is 0 Å². The third kappa shape index (κ3) is 3.87. The highest BCUT2D eigenvalue weighted by atomic mass is 16.5. The molecule has 1 aliphatic heterocycles. The fraction of sp³-hybridized carbons (Fsp3) is 0.923. The maximum atomic E-state index is 11.2. The van der Waals surface area contributed by atoms with E-state index in [0.29, 0.717) is 12.5 Å². The van der Waals surface area contributed by atoms with E-state index in [0.717, 1.165) is 32.1 Å². The van der Waals surface area contributed by atoms with Gasteiger partial charge in [0, 0.05) is 6.42 Å². The fourth-order valence-corrected chi connectivity index (χ4v) is 2.25. The van der Waals surface area contributed by atoms with Crippen molar-refractivity contribution in [2.75, 3.05) is 0 Å². The highest BCUT2D eigenvalue weighted by Gasteiger charge is 2.33. The minimum absolute atomic E-state index is 0.0456. The predicted octanol–water partition coefficient (Wildman–Crippen LogP) is 2.45. The van der Waals surface area contributed by atoms with Gasteiger partial charge in [0.05, 0.1) is 12.2 Å². The molecule has 1 saturated heterocycles. The molecule has 3 atom stereocenters. The Bertz CT molecular complexity index is 233. The minimum Gasteiger partial charge on any atom is -0.382 e. The van der Waals surface area contributed by atoms with E-state index in [1.807, 2.05) is 0 Å². The second kappa shape index (κ2) is 5.78. The SMILES string of the molecule is CCC[C@H]1CCC[C@@H](CC(C)(O)C(C)=O)O1. The van der Waals surface area contributed by atoms with E-state index < -0.39 is 5.60 Å². The van der Waals surface area contributed by atoms with E-state index in [1.54, 1.807) is 6.92 Å². The molecule has 0 saturated carbocycles. The molecular formula is C13H24O3. The standard InChI is InChI=1S/C13H24O3/c1-4-6-11-7-5-8-12(16-11)9-13(3,15)10(2)14/h11-12,15H,4-9H2,1-3H3/t11-,12-,13?/m0/s1. The zero-order valence-electron chi connectivity index (χ0n) is 10.7. The molecule has 0 spiro atoms. The number of Topliss-reactive ketones (excluding diaryl/α,β-unsaturated/α-hetero) is 1. The summed E-state index contributed by atoms with van der Waals surface area (Å²) in [5.74, 6) is -0.172. The first kappa shape index (κ1) is 13.7. The van der Waals surface area contributed by atoms with Crippen LogP contribution in [0.4, 0.5) is 0 Å². The van der Waals surface area contributed by atoms with Crippen molar-refractivity contribution in [1.29, 1.82) is 0 Å². The lowest BCUT2D eigenvalue weighted by Gasteiger charge is -2.33. The quantitative estimate of drug-likeness (QED) is 0.786. The Morgan fingerprint density at radius 1 is 1.44 bits per heavy atom. The highest BCUT2D eigenvalue weighted by molar-refractivity contribution is 5.84. The van der Waals surface area contributed by atoms with Crippen molar-refractivity contribution in [1.82, 2.24) is 0 Å². The molecule has 0 amide bonds. The Kier molecular flexibility index (Phi) is 4.93. The summed E-state index contributed by atoms with van der Waals surface area (Å²) in [5, 5.41) is 9.93. The molecule has 0 aromatic carbocycles. The first-order chi connectivity index (χ1) is 7.45. The summed E-state index contributed by atoms with van der Waals surface area (Å²) in [6, 6.07) is 0. The van der Waals surface area contributed by atoms with Crippen LogP contribution in [0.1, 0.15) is 59.3 Å². The summed E-state index contributed by atoms with van der Waals surface area (Å²) in [4.78, 5) is 11.2. The average Bonchev–Trinajstić information content (AvgIpc) is 2.17. The van der Waals surface area contributed by atoms with Crippen molar-refractivity contribution in [2.45, 2.75) is 77.1 Å². The van der Waals surface area contributed by atoms with Gasteiger partial charge >= 0.3 is 0 Å². The molecule has 94 valence electrons. The number of ether oxygens (including phenoxy) is 1. The third-order valence-electron chi connectivity index (χ3n) is 3.43. The van der Waals surface area contributed by atoms with Crippen molar-refractivity contribution < 1.29 is 14.6 Å². The van der Waals surface area contributed by atoms with Gasteiger partial charge in [-0.25, -0.2) is 0 Å². The van der Waals surface area contributed by atoms with E-state index in [-0.39, 0.29) is 11.9 Å². The topological polar surface area (TPSA) is 46.5 Å². The first-order valence-corrected chi connectivity index (χ1v) is 6.34. The van der Waals surface area contributed by atoms with Gasteiger partial charge in [-0.3, -0.25) is 4.79 Å². The Balaban J connectivity index is 2.45. The minimum atomic E-state index is -1.22. The summed E-state index contributed by atoms with van der Waals surface area (Å²) in [5.41, 5.74) is -1.22. The number of rotatable bonds is 5. The van der Waals surface area contributed by atoms with Gasteiger partial charge in [0.15, 0.2) is 5.78 Å². The van der Waals surface area contributed by atoms with E-state index >= 15 is 0 Å². The summed E-state index contributed by atoms with van der Waals surface area (Å²) in [6.07, 6.45) is 6.23. The van der Waals surface area contributed by atoms with Gasteiger partial charge in [0.2, 0.25) is 0 Å². The van der Waals surface area contributed by atoms with Crippen LogP contribution in [0.3, 0.4) is 0 Å². The van der Waals surface area contributed by atoms with E-state index in [2.05, 4.69) is 6.92 Å². The largest absolute Gasteiger partial charge is 0.382 e. The van der Waals surface area contributed by atoms with Crippen LogP contribution in [-0.4, -0.2) is 28.7 Å². The van der Waals surface area contributed by atoms with Gasteiger partial charge in [-0.1, -0.05) is 13.3 Å². The molecule has 1 unspecified atom stereocenters. The van der Waals surface area contributed by atoms with Crippen molar-refractivity contribution in [3.8, 4) is 0 Å². The molecule has 0 aromatic heterocycles. The Morgan fingerprint density at radius 2 is 2.06 bits per heavy atom. The average molecular weight is 228 g/mol. The number of hydrogen-bond donors (Lipinski definition) is 1. The summed E-state index contributed by atoms with van der Waals surface area (Å²) in [7, 11) is 0. The lowest BCUT2D eigenvalue weighted by molar-refractivity contribution is -0.141. The number of ketones is 1. The maximum absolute atomic E-state index is 11.2. The summed E-state index contributed by atoms with van der Waals surface area (Å²) < 4.78 is 5.90. The zero-order valence-corrected chi connectivity index (χ0v) is 10.7. The molecule has 16 heavy (non-hydrogen) atoms. The van der Waals surface area contributed by atoms with Crippen LogP contribution in [0.15, 0.2) is 0 Å². The van der Waals surface area contributed by atoms with Crippen LogP contribution in [0, 0.1) is 0 Å².